The van der Waals surface area contributed by atoms with Gasteiger partial charge in [0.25, 0.3) is 0 Å². The Morgan fingerprint density at radius 3 is 2.12 bits per heavy atom. The summed E-state index contributed by atoms with van der Waals surface area (Å²) in [6, 6.07) is 20.3. The van der Waals surface area contributed by atoms with Crippen LogP contribution in [0.2, 0.25) is 0 Å². The number of nitrogens with zero attached hydrogens (tertiary/aromatic N) is 1. The molecule has 0 aliphatic rings. The third kappa shape index (κ3) is 4.78. The molecule has 0 amide bonds. The molecule has 0 unspecified atom stereocenters. The molecule has 4 nitrogen and oxygen atoms in total. The average Bonchev–Trinajstić information content (AvgIpc) is 3.10. The first-order valence-corrected chi connectivity index (χ1v) is 8.86. The maximum Gasteiger partial charge on any atom is 0.195 e. The number of rotatable bonds is 9. The largest absolute Gasteiger partial charge is 0.440 e. The number of oxazole rings is 1. The monoisotopic (exact) mass is 336 g/mol. The second-order valence-corrected chi connectivity index (χ2v) is 6.09. The van der Waals surface area contributed by atoms with Gasteiger partial charge in [-0.05, 0) is 12.8 Å². The molecule has 3 rings (SSSR count). The molecule has 3 aromatic rings. The summed E-state index contributed by atoms with van der Waals surface area (Å²) in [7, 11) is 0. The number of hydroxylamine groups is 1. The lowest BCUT2D eigenvalue weighted by Crippen LogP contribution is -2.07. The van der Waals surface area contributed by atoms with Crippen LogP contribution in [0, 0.1) is 0 Å². The van der Waals surface area contributed by atoms with Crippen molar-refractivity contribution in [1.29, 1.82) is 0 Å². The number of hydrogen-bond acceptors (Lipinski definition) is 4. The normalized spacial score (nSPS) is 10.9. The van der Waals surface area contributed by atoms with E-state index < -0.39 is 0 Å². The molecule has 0 atom stereocenters. The summed E-state index contributed by atoms with van der Waals surface area (Å²) >= 11 is 0. The van der Waals surface area contributed by atoms with Crippen LogP contribution in [0.5, 0.6) is 0 Å². The SMILES string of the molecule is ONCCCCCCc1nc(-c2ccccc2)c(-c2ccccc2)o1. The molecular formula is C21H24N2O2. The van der Waals surface area contributed by atoms with E-state index in [0.29, 0.717) is 6.54 Å². The summed E-state index contributed by atoms with van der Waals surface area (Å²) in [6.07, 6.45) is 5.04. The lowest BCUT2D eigenvalue weighted by Gasteiger charge is -2.00. The first-order chi connectivity index (χ1) is 12.4. The average molecular weight is 336 g/mol. The van der Waals surface area contributed by atoms with Gasteiger partial charge in [0, 0.05) is 24.1 Å². The fourth-order valence-electron chi connectivity index (χ4n) is 2.88. The highest BCUT2D eigenvalue weighted by Gasteiger charge is 2.16. The summed E-state index contributed by atoms with van der Waals surface area (Å²) in [5.74, 6) is 1.63. The van der Waals surface area contributed by atoms with Crippen LogP contribution >= 0.6 is 0 Å². The molecule has 2 aromatic carbocycles. The molecule has 130 valence electrons. The molecule has 0 aliphatic carbocycles. The zero-order valence-corrected chi connectivity index (χ0v) is 14.3. The van der Waals surface area contributed by atoms with Crippen molar-refractivity contribution >= 4 is 0 Å². The molecule has 0 spiro atoms. The number of benzene rings is 2. The Kier molecular flexibility index (Phi) is 6.37. The lowest BCUT2D eigenvalue weighted by molar-refractivity contribution is 0.164. The number of aromatic nitrogens is 1. The third-order valence-electron chi connectivity index (χ3n) is 4.18. The van der Waals surface area contributed by atoms with Gasteiger partial charge in [0.1, 0.15) is 5.69 Å². The standard InChI is InChI=1S/C21H24N2O2/c24-22-16-10-2-1-9-15-19-23-20(17-11-5-3-6-12-17)21(25-19)18-13-7-4-8-14-18/h3-8,11-14,22,24H,1-2,9-10,15-16H2. The van der Waals surface area contributed by atoms with Crippen molar-refractivity contribution in [3.8, 4) is 22.6 Å². The van der Waals surface area contributed by atoms with Gasteiger partial charge in [0.15, 0.2) is 11.7 Å². The molecule has 0 aliphatic heterocycles. The fourth-order valence-corrected chi connectivity index (χ4v) is 2.88. The summed E-state index contributed by atoms with van der Waals surface area (Å²) in [4.78, 5) is 4.77. The fraction of sp³-hybridized carbons (Fsp3) is 0.286. The predicted octanol–water partition coefficient (Wildman–Crippen LogP) is 5.09. The van der Waals surface area contributed by atoms with E-state index in [9.17, 15) is 0 Å². The number of aryl methyl sites for hydroxylation is 1. The van der Waals surface area contributed by atoms with E-state index >= 15 is 0 Å². The van der Waals surface area contributed by atoms with Crippen LogP contribution in [0.1, 0.15) is 31.6 Å². The zero-order valence-electron chi connectivity index (χ0n) is 14.3. The molecule has 4 heteroatoms. The van der Waals surface area contributed by atoms with Gasteiger partial charge in [-0.1, -0.05) is 73.5 Å². The first kappa shape index (κ1) is 17.4. The Morgan fingerprint density at radius 1 is 0.800 bits per heavy atom. The lowest BCUT2D eigenvalue weighted by atomic mass is 10.1. The van der Waals surface area contributed by atoms with Crippen molar-refractivity contribution in [3.05, 3.63) is 66.6 Å². The Morgan fingerprint density at radius 2 is 1.44 bits per heavy atom. The molecule has 0 saturated heterocycles. The Labute approximate surface area is 148 Å². The highest BCUT2D eigenvalue weighted by atomic mass is 16.5. The van der Waals surface area contributed by atoms with Gasteiger partial charge in [-0.2, -0.15) is 0 Å². The van der Waals surface area contributed by atoms with E-state index in [1.54, 1.807) is 0 Å². The van der Waals surface area contributed by atoms with Gasteiger partial charge < -0.3 is 9.62 Å². The van der Waals surface area contributed by atoms with E-state index in [2.05, 4.69) is 29.7 Å². The quantitative estimate of drug-likeness (QED) is 0.422. The van der Waals surface area contributed by atoms with Crippen LogP contribution in [0.25, 0.3) is 22.6 Å². The third-order valence-corrected chi connectivity index (χ3v) is 4.18. The smallest absolute Gasteiger partial charge is 0.195 e. The van der Waals surface area contributed by atoms with Gasteiger partial charge in [-0.15, -0.1) is 0 Å². The minimum absolute atomic E-state index is 0.648. The molecule has 2 N–H and O–H groups in total. The molecule has 0 bridgehead atoms. The van der Waals surface area contributed by atoms with Gasteiger partial charge in [-0.25, -0.2) is 10.5 Å². The highest BCUT2D eigenvalue weighted by molar-refractivity contribution is 5.76. The van der Waals surface area contributed by atoms with Gasteiger partial charge in [-0.3, -0.25) is 0 Å². The second-order valence-electron chi connectivity index (χ2n) is 6.09. The van der Waals surface area contributed by atoms with Crippen molar-refractivity contribution < 1.29 is 9.62 Å². The Bertz CT molecular complexity index is 697. The zero-order chi connectivity index (χ0) is 17.3. The van der Waals surface area contributed by atoms with Crippen LogP contribution in [0.3, 0.4) is 0 Å². The van der Waals surface area contributed by atoms with E-state index in [1.165, 1.54) is 0 Å². The van der Waals surface area contributed by atoms with Crippen LogP contribution in [0.15, 0.2) is 65.1 Å². The molecule has 0 saturated carbocycles. The van der Waals surface area contributed by atoms with Crippen LogP contribution < -0.4 is 5.48 Å². The molecular weight excluding hydrogens is 312 g/mol. The number of nitrogens with one attached hydrogen (secondary N) is 1. The summed E-state index contributed by atoms with van der Waals surface area (Å²) in [6.45, 7) is 0.648. The van der Waals surface area contributed by atoms with Crippen molar-refractivity contribution in [1.82, 2.24) is 10.5 Å². The molecule has 0 radical (unpaired) electrons. The number of hydrogen-bond donors (Lipinski definition) is 2. The summed E-state index contributed by atoms with van der Waals surface area (Å²) in [5.41, 5.74) is 5.23. The summed E-state index contributed by atoms with van der Waals surface area (Å²) in [5, 5.41) is 8.58. The molecule has 1 heterocycles. The second kappa shape index (κ2) is 9.16. The van der Waals surface area contributed by atoms with Gasteiger partial charge in [0.2, 0.25) is 0 Å². The van der Waals surface area contributed by atoms with Crippen molar-refractivity contribution in [3.63, 3.8) is 0 Å². The van der Waals surface area contributed by atoms with Crippen molar-refractivity contribution in [2.75, 3.05) is 6.54 Å². The molecule has 25 heavy (non-hydrogen) atoms. The Hall–Kier alpha value is -2.43. The van der Waals surface area contributed by atoms with Gasteiger partial charge in [0.05, 0.1) is 0 Å². The van der Waals surface area contributed by atoms with Crippen LogP contribution in [-0.2, 0) is 6.42 Å². The van der Waals surface area contributed by atoms with E-state index in [4.69, 9.17) is 14.6 Å². The minimum atomic E-state index is 0.648. The van der Waals surface area contributed by atoms with E-state index in [-0.39, 0.29) is 0 Å². The van der Waals surface area contributed by atoms with Crippen LogP contribution in [0.4, 0.5) is 0 Å². The predicted molar refractivity (Wildman–Crippen MR) is 99.3 cm³/mol. The van der Waals surface area contributed by atoms with Crippen molar-refractivity contribution in [2.24, 2.45) is 0 Å². The summed E-state index contributed by atoms with van der Waals surface area (Å²) < 4.78 is 6.12. The molecule has 0 fully saturated rings. The van der Waals surface area contributed by atoms with E-state index in [0.717, 1.165) is 60.6 Å². The minimum Gasteiger partial charge on any atom is -0.440 e. The maximum absolute atomic E-state index is 8.58. The first-order valence-electron chi connectivity index (χ1n) is 8.86. The number of unbranched alkanes of at least 4 members (excludes halogenated alkanes) is 3. The van der Waals surface area contributed by atoms with Gasteiger partial charge >= 0.3 is 0 Å². The molecule has 1 aromatic heterocycles. The maximum atomic E-state index is 8.58. The highest BCUT2D eigenvalue weighted by Crippen LogP contribution is 2.32. The van der Waals surface area contributed by atoms with Crippen molar-refractivity contribution in [2.45, 2.75) is 32.1 Å². The topological polar surface area (TPSA) is 58.3 Å². The Balaban J connectivity index is 1.76. The van der Waals surface area contributed by atoms with Crippen LogP contribution in [-0.4, -0.2) is 16.7 Å². The van der Waals surface area contributed by atoms with E-state index in [1.807, 2.05) is 36.4 Å².